The van der Waals surface area contributed by atoms with Gasteiger partial charge >= 0.3 is 6.18 Å². The minimum atomic E-state index is -5.00. The van der Waals surface area contributed by atoms with Crippen LogP contribution in [0.2, 0.25) is 10.0 Å². The summed E-state index contributed by atoms with van der Waals surface area (Å²) in [5, 5.41) is 11.8. The van der Waals surface area contributed by atoms with E-state index >= 15 is 0 Å². The number of primary amides is 1. The number of fused-ring (bicyclic) bond motifs is 1. The predicted molar refractivity (Wildman–Crippen MR) is 138 cm³/mol. The molecule has 37 heavy (non-hydrogen) atoms. The fourth-order valence-corrected chi connectivity index (χ4v) is 5.90. The summed E-state index contributed by atoms with van der Waals surface area (Å²) in [7, 11) is 0. The van der Waals surface area contributed by atoms with E-state index in [4.69, 9.17) is 28.9 Å². The zero-order chi connectivity index (χ0) is 26.6. The lowest BCUT2D eigenvalue weighted by Crippen LogP contribution is -2.50. The first-order valence-corrected chi connectivity index (χ1v) is 12.4. The largest absolute Gasteiger partial charge is 0.416 e. The molecule has 0 saturated heterocycles. The van der Waals surface area contributed by atoms with Gasteiger partial charge in [-0.15, -0.1) is 12.4 Å². The van der Waals surface area contributed by atoms with Gasteiger partial charge in [-0.2, -0.15) is 13.2 Å². The van der Waals surface area contributed by atoms with E-state index in [0.717, 1.165) is 36.9 Å². The van der Waals surface area contributed by atoms with Gasteiger partial charge in [0.25, 0.3) is 5.91 Å². The highest BCUT2D eigenvalue weighted by molar-refractivity contribution is 6.35. The summed E-state index contributed by atoms with van der Waals surface area (Å²) in [6.45, 7) is 5.92. The van der Waals surface area contributed by atoms with E-state index in [0.29, 0.717) is 12.1 Å². The van der Waals surface area contributed by atoms with E-state index in [1.807, 2.05) is 0 Å². The number of halogens is 6. The molecule has 1 unspecified atom stereocenters. The van der Waals surface area contributed by atoms with Crippen LogP contribution in [-0.4, -0.2) is 47.5 Å². The van der Waals surface area contributed by atoms with E-state index in [2.05, 4.69) is 18.7 Å². The van der Waals surface area contributed by atoms with Crippen molar-refractivity contribution in [3.8, 4) is 0 Å². The lowest BCUT2D eigenvalue weighted by atomic mass is 9.78. The van der Waals surface area contributed by atoms with E-state index in [9.17, 15) is 27.9 Å². The van der Waals surface area contributed by atoms with Crippen LogP contribution in [0, 0.1) is 5.92 Å². The Morgan fingerprint density at radius 2 is 1.81 bits per heavy atom. The number of hydrogen-bond acceptors (Lipinski definition) is 4. The molecular weight excluding hydrogens is 554 g/mol. The summed E-state index contributed by atoms with van der Waals surface area (Å²) in [4.78, 5) is 29.1. The highest BCUT2D eigenvalue weighted by Crippen LogP contribution is 2.52. The van der Waals surface area contributed by atoms with Crippen LogP contribution in [0.4, 0.5) is 18.9 Å². The van der Waals surface area contributed by atoms with Gasteiger partial charge in [-0.25, -0.2) is 0 Å². The van der Waals surface area contributed by atoms with Crippen molar-refractivity contribution in [3.63, 3.8) is 0 Å². The molecule has 3 N–H and O–H groups in total. The highest BCUT2D eigenvalue weighted by atomic mass is 35.5. The molecule has 202 valence electrons. The molecule has 0 spiro atoms. The molecule has 4 rings (SSSR count). The van der Waals surface area contributed by atoms with Crippen LogP contribution in [-0.2, 0) is 16.6 Å². The minimum absolute atomic E-state index is 0. The fraction of sp³-hybridized carbons (Fsp3) is 0.440. The maximum Gasteiger partial charge on any atom is 0.416 e. The van der Waals surface area contributed by atoms with Gasteiger partial charge in [0.05, 0.1) is 11.3 Å². The molecule has 2 aromatic rings. The topological polar surface area (TPSA) is 86.9 Å². The molecule has 1 fully saturated rings. The molecule has 2 amide bonds. The molecule has 0 bridgehead atoms. The van der Waals surface area contributed by atoms with Crippen LogP contribution in [0.25, 0.3) is 0 Å². The Kier molecular flexibility index (Phi) is 8.47. The van der Waals surface area contributed by atoms with E-state index < -0.39 is 40.3 Å². The van der Waals surface area contributed by atoms with E-state index in [1.165, 1.54) is 18.2 Å². The molecule has 1 aliphatic heterocycles. The van der Waals surface area contributed by atoms with Crippen molar-refractivity contribution < 1.29 is 27.9 Å². The average Bonchev–Trinajstić information content (AvgIpc) is 2.98. The Hall–Kier alpha value is -2.04. The SMILES string of the molecule is CCN(CC)[C@H]1C[C@@H](CN2C(=O)C(O)(c3ccc(Cl)cc3Cl)c3c2cc(C(N)=O)cc3C(F)(F)F)C1.Cl. The second-order valence-electron chi connectivity index (χ2n) is 9.24. The van der Waals surface area contributed by atoms with Crippen molar-refractivity contribution in [2.45, 2.75) is 44.5 Å². The molecule has 6 nitrogen and oxygen atoms in total. The number of aliphatic hydroxyl groups is 1. The summed E-state index contributed by atoms with van der Waals surface area (Å²) in [6, 6.07) is 5.83. The van der Waals surface area contributed by atoms with Crippen molar-refractivity contribution in [3.05, 3.63) is 62.6 Å². The van der Waals surface area contributed by atoms with Gasteiger partial charge in [-0.1, -0.05) is 43.1 Å². The van der Waals surface area contributed by atoms with Crippen LogP contribution in [0.5, 0.6) is 0 Å². The standard InChI is InChI=1S/C25H26Cl2F3N3O3.ClH/c1-3-32(4-2)16-7-13(8-16)12-33-20-10-14(22(31)34)9-18(25(28,29)30)21(20)24(36,23(33)35)17-6-5-15(26)11-19(17)27;/h5-6,9-11,13,16,36H,3-4,7-8,12H2,1-2H3,(H2,31,34);1H/t13-,16+,24?;. The number of carbonyl (C=O) groups excluding carboxylic acids is 2. The Balaban J connectivity index is 0.00000380. The Bertz CT molecular complexity index is 1220. The minimum Gasteiger partial charge on any atom is -0.372 e. The molecule has 1 atom stereocenters. The maximum absolute atomic E-state index is 14.3. The maximum atomic E-state index is 14.3. The molecular formula is C25H27Cl3F3N3O3. The third-order valence-electron chi connectivity index (χ3n) is 7.22. The summed E-state index contributed by atoms with van der Waals surface area (Å²) in [5.41, 5.74) is -0.257. The average molecular weight is 581 g/mol. The van der Waals surface area contributed by atoms with Crippen LogP contribution in [0.3, 0.4) is 0 Å². The highest BCUT2D eigenvalue weighted by Gasteiger charge is 2.57. The zero-order valence-electron chi connectivity index (χ0n) is 20.1. The number of carbonyl (C=O) groups is 2. The van der Waals surface area contributed by atoms with Gasteiger partial charge in [0, 0.05) is 39.3 Å². The first-order valence-electron chi connectivity index (χ1n) is 11.6. The monoisotopic (exact) mass is 579 g/mol. The number of anilines is 1. The van der Waals surface area contributed by atoms with Crippen LogP contribution in [0.1, 0.15) is 53.7 Å². The zero-order valence-corrected chi connectivity index (χ0v) is 22.4. The van der Waals surface area contributed by atoms with Crippen molar-refractivity contribution in [2.75, 3.05) is 24.5 Å². The second-order valence-corrected chi connectivity index (χ2v) is 10.1. The van der Waals surface area contributed by atoms with Gasteiger partial charge < -0.3 is 20.6 Å². The first-order chi connectivity index (χ1) is 16.8. The van der Waals surface area contributed by atoms with Gasteiger partial charge in [0.2, 0.25) is 5.91 Å². The summed E-state index contributed by atoms with van der Waals surface area (Å²) >= 11 is 12.2. The van der Waals surface area contributed by atoms with Crippen molar-refractivity contribution in [1.29, 1.82) is 0 Å². The number of nitrogens with zero attached hydrogens (tertiary/aromatic N) is 2. The van der Waals surface area contributed by atoms with Gasteiger partial charge in [-0.05, 0) is 56.1 Å². The Morgan fingerprint density at radius 1 is 1.19 bits per heavy atom. The van der Waals surface area contributed by atoms with Crippen molar-refractivity contribution in [2.24, 2.45) is 11.7 Å². The third kappa shape index (κ3) is 5.04. The van der Waals surface area contributed by atoms with Crippen molar-refractivity contribution in [1.82, 2.24) is 4.90 Å². The van der Waals surface area contributed by atoms with E-state index in [-0.39, 0.29) is 46.2 Å². The quantitative estimate of drug-likeness (QED) is 0.469. The Labute approximate surface area is 228 Å². The number of alkyl halides is 3. The molecule has 1 aliphatic carbocycles. The number of benzene rings is 2. The smallest absolute Gasteiger partial charge is 0.372 e. The number of nitrogens with two attached hydrogens (primary N) is 1. The Morgan fingerprint density at radius 3 is 2.32 bits per heavy atom. The fourth-order valence-electron chi connectivity index (χ4n) is 5.36. The van der Waals surface area contributed by atoms with Gasteiger partial charge in [0.1, 0.15) is 0 Å². The van der Waals surface area contributed by atoms with Gasteiger partial charge in [-0.3, -0.25) is 9.59 Å². The predicted octanol–water partition coefficient (Wildman–Crippen LogP) is 5.24. The molecule has 1 saturated carbocycles. The number of hydrogen-bond donors (Lipinski definition) is 2. The second kappa shape index (κ2) is 10.6. The lowest BCUT2D eigenvalue weighted by Gasteiger charge is -2.43. The summed E-state index contributed by atoms with van der Waals surface area (Å²) in [6.07, 6.45) is -3.49. The number of amides is 2. The van der Waals surface area contributed by atoms with Crippen LogP contribution in [0.15, 0.2) is 30.3 Å². The molecule has 2 aliphatic rings. The summed E-state index contributed by atoms with van der Waals surface area (Å²) in [5.74, 6) is -2.05. The molecule has 2 aromatic carbocycles. The molecule has 0 radical (unpaired) electrons. The molecule has 12 heteroatoms. The van der Waals surface area contributed by atoms with E-state index in [1.54, 1.807) is 0 Å². The van der Waals surface area contributed by atoms with Crippen LogP contribution < -0.4 is 10.6 Å². The first kappa shape index (κ1) is 29.5. The van der Waals surface area contributed by atoms with Crippen LogP contribution >= 0.6 is 35.6 Å². The number of rotatable bonds is 7. The van der Waals surface area contributed by atoms with Crippen molar-refractivity contribution >= 4 is 53.1 Å². The third-order valence-corrected chi connectivity index (χ3v) is 7.76. The van der Waals surface area contributed by atoms with Gasteiger partial charge in [0.15, 0.2) is 5.60 Å². The lowest BCUT2D eigenvalue weighted by molar-refractivity contribution is -0.142. The normalized spacial score (nSPS) is 23.1. The molecule has 0 aromatic heterocycles. The molecule has 1 heterocycles. The summed E-state index contributed by atoms with van der Waals surface area (Å²) < 4.78 is 42.8.